The number of nitrogens with one attached hydrogen (secondary N) is 1. The number of thiophene rings is 1. The molecule has 1 aliphatic rings. The third kappa shape index (κ3) is 3.47. The molecule has 0 bridgehead atoms. The van der Waals surface area contributed by atoms with Crippen molar-refractivity contribution in [2.24, 2.45) is 0 Å². The minimum Gasteiger partial charge on any atom is -0.340 e. The Hall–Kier alpha value is -0.580. The van der Waals surface area contributed by atoms with Gasteiger partial charge in [0.15, 0.2) is 0 Å². The second-order valence-corrected chi connectivity index (χ2v) is 4.98. The van der Waals surface area contributed by atoms with Crippen molar-refractivity contribution in [3.05, 3.63) is 22.4 Å². The largest absolute Gasteiger partial charge is 0.340 e. The van der Waals surface area contributed by atoms with Crippen molar-refractivity contribution in [2.45, 2.75) is 19.4 Å². The molecule has 16 heavy (non-hydrogen) atoms. The lowest BCUT2D eigenvalue weighted by atomic mass is 10.2. The predicted octanol–water partition coefficient (Wildman–Crippen LogP) is 1.53. The normalized spacial score (nSPS) is 20.3. The second kappa shape index (κ2) is 6.23. The molecule has 0 spiro atoms. The number of carbonyl (C=O) groups excluding carboxylic acids is 1. The summed E-state index contributed by atoms with van der Waals surface area (Å²) in [7, 11) is 0. The van der Waals surface area contributed by atoms with Gasteiger partial charge in [0.25, 0.3) is 0 Å². The first-order valence-corrected chi connectivity index (χ1v) is 6.17. The zero-order valence-electron chi connectivity index (χ0n) is 9.31. The van der Waals surface area contributed by atoms with Crippen LogP contribution in [0.5, 0.6) is 0 Å². The van der Waals surface area contributed by atoms with Crippen molar-refractivity contribution < 1.29 is 4.79 Å². The molecule has 5 heteroatoms. The summed E-state index contributed by atoms with van der Waals surface area (Å²) in [5, 5.41) is 5.35. The maximum atomic E-state index is 11.9. The zero-order valence-corrected chi connectivity index (χ0v) is 10.9. The number of piperazine rings is 1. The lowest BCUT2D eigenvalue weighted by Gasteiger charge is -2.31. The van der Waals surface area contributed by atoms with E-state index in [2.05, 4.69) is 12.2 Å². The van der Waals surface area contributed by atoms with E-state index in [1.54, 1.807) is 11.3 Å². The van der Waals surface area contributed by atoms with E-state index in [4.69, 9.17) is 0 Å². The van der Waals surface area contributed by atoms with Gasteiger partial charge in [0.2, 0.25) is 5.91 Å². The lowest BCUT2D eigenvalue weighted by Crippen LogP contribution is -2.51. The molecule has 1 unspecified atom stereocenters. The Morgan fingerprint density at radius 3 is 3.12 bits per heavy atom. The molecular weight excluding hydrogens is 244 g/mol. The van der Waals surface area contributed by atoms with Crippen LogP contribution in [0.25, 0.3) is 0 Å². The van der Waals surface area contributed by atoms with E-state index >= 15 is 0 Å². The fourth-order valence-electron chi connectivity index (χ4n) is 1.83. The minimum atomic E-state index is 0. The van der Waals surface area contributed by atoms with E-state index in [9.17, 15) is 4.79 Å². The first kappa shape index (κ1) is 13.5. The highest BCUT2D eigenvalue weighted by Crippen LogP contribution is 2.11. The third-order valence-electron chi connectivity index (χ3n) is 2.63. The van der Waals surface area contributed by atoms with Crippen LogP contribution in [0, 0.1) is 0 Å². The lowest BCUT2D eigenvalue weighted by molar-refractivity contribution is -0.131. The molecule has 1 N–H and O–H groups in total. The summed E-state index contributed by atoms with van der Waals surface area (Å²) in [5.41, 5.74) is 0. The summed E-state index contributed by atoms with van der Waals surface area (Å²) in [4.78, 5) is 15.0. The fraction of sp³-hybridized carbons (Fsp3) is 0.545. The Bertz CT molecular complexity index is 329. The molecule has 1 aromatic rings. The van der Waals surface area contributed by atoms with E-state index in [-0.39, 0.29) is 18.3 Å². The number of nitrogens with zero attached hydrogens (tertiary/aromatic N) is 1. The molecule has 2 heterocycles. The highest BCUT2D eigenvalue weighted by Gasteiger charge is 2.20. The second-order valence-electron chi connectivity index (χ2n) is 3.95. The van der Waals surface area contributed by atoms with Gasteiger partial charge in [-0.3, -0.25) is 4.79 Å². The van der Waals surface area contributed by atoms with Gasteiger partial charge in [0.05, 0.1) is 6.42 Å². The smallest absolute Gasteiger partial charge is 0.227 e. The van der Waals surface area contributed by atoms with Crippen LogP contribution >= 0.6 is 23.7 Å². The molecule has 1 atom stereocenters. The van der Waals surface area contributed by atoms with E-state index in [1.807, 2.05) is 22.4 Å². The molecule has 0 saturated carbocycles. The number of hydrogen-bond acceptors (Lipinski definition) is 3. The van der Waals surface area contributed by atoms with Crippen molar-refractivity contribution in [1.29, 1.82) is 0 Å². The fourth-order valence-corrected chi connectivity index (χ4v) is 2.53. The standard InChI is InChI=1S/C11H16N2OS.ClH/c1-9-8-13(5-4-12-9)11(14)7-10-3-2-6-15-10;/h2-3,6,9,12H,4-5,7-8H2,1H3;1H. The van der Waals surface area contributed by atoms with Gasteiger partial charge in [-0.25, -0.2) is 0 Å². The Kier molecular flexibility index (Phi) is 5.25. The monoisotopic (exact) mass is 260 g/mol. The van der Waals surface area contributed by atoms with Crippen molar-refractivity contribution >= 4 is 29.7 Å². The van der Waals surface area contributed by atoms with Crippen LogP contribution in [0.3, 0.4) is 0 Å². The zero-order chi connectivity index (χ0) is 10.7. The van der Waals surface area contributed by atoms with E-state index in [0.29, 0.717) is 12.5 Å². The summed E-state index contributed by atoms with van der Waals surface area (Å²) in [6.45, 7) is 4.71. The number of hydrogen-bond donors (Lipinski definition) is 1. The van der Waals surface area contributed by atoms with Crippen molar-refractivity contribution in [1.82, 2.24) is 10.2 Å². The predicted molar refractivity (Wildman–Crippen MR) is 69.3 cm³/mol. The van der Waals surface area contributed by atoms with E-state index in [0.717, 1.165) is 24.5 Å². The minimum absolute atomic E-state index is 0. The first-order valence-electron chi connectivity index (χ1n) is 5.29. The third-order valence-corrected chi connectivity index (χ3v) is 3.50. The number of amides is 1. The summed E-state index contributed by atoms with van der Waals surface area (Å²) in [6, 6.07) is 4.44. The Labute approximate surface area is 106 Å². The maximum Gasteiger partial charge on any atom is 0.227 e. The van der Waals surface area contributed by atoms with Crippen molar-refractivity contribution in [2.75, 3.05) is 19.6 Å². The van der Waals surface area contributed by atoms with Crippen LogP contribution < -0.4 is 5.32 Å². The van der Waals surface area contributed by atoms with Crippen LogP contribution in [0.15, 0.2) is 17.5 Å². The van der Waals surface area contributed by atoms with Gasteiger partial charge in [-0.1, -0.05) is 6.07 Å². The molecule has 3 nitrogen and oxygen atoms in total. The van der Waals surface area contributed by atoms with Gasteiger partial charge < -0.3 is 10.2 Å². The topological polar surface area (TPSA) is 32.3 Å². The quantitative estimate of drug-likeness (QED) is 0.875. The number of rotatable bonds is 2. The molecule has 1 aliphatic heterocycles. The highest BCUT2D eigenvalue weighted by atomic mass is 35.5. The van der Waals surface area contributed by atoms with Gasteiger partial charge in [-0.15, -0.1) is 23.7 Å². The summed E-state index contributed by atoms with van der Waals surface area (Å²) >= 11 is 1.65. The van der Waals surface area contributed by atoms with Gasteiger partial charge in [-0.2, -0.15) is 0 Å². The van der Waals surface area contributed by atoms with E-state index < -0.39 is 0 Å². The Morgan fingerprint density at radius 2 is 2.50 bits per heavy atom. The van der Waals surface area contributed by atoms with Gasteiger partial charge in [0.1, 0.15) is 0 Å². The summed E-state index contributed by atoms with van der Waals surface area (Å²) in [5.74, 6) is 0.255. The number of carbonyl (C=O) groups is 1. The van der Waals surface area contributed by atoms with Crippen LogP contribution in [0.4, 0.5) is 0 Å². The molecule has 1 saturated heterocycles. The van der Waals surface area contributed by atoms with Gasteiger partial charge in [-0.05, 0) is 18.4 Å². The van der Waals surface area contributed by atoms with Crippen LogP contribution in [0.2, 0.25) is 0 Å². The SMILES string of the molecule is CC1CN(C(=O)Cc2cccs2)CCN1.Cl. The van der Waals surface area contributed by atoms with Crippen molar-refractivity contribution in [3.63, 3.8) is 0 Å². The molecular formula is C11H17ClN2OS. The van der Waals surface area contributed by atoms with Crippen molar-refractivity contribution in [3.8, 4) is 0 Å². The summed E-state index contributed by atoms with van der Waals surface area (Å²) < 4.78 is 0. The molecule has 0 radical (unpaired) electrons. The Balaban J connectivity index is 0.00000128. The average Bonchev–Trinajstić information content (AvgIpc) is 2.70. The highest BCUT2D eigenvalue weighted by molar-refractivity contribution is 7.10. The molecule has 0 aliphatic carbocycles. The Morgan fingerprint density at radius 1 is 1.69 bits per heavy atom. The van der Waals surface area contributed by atoms with Crippen LogP contribution in [-0.4, -0.2) is 36.5 Å². The molecule has 1 amide bonds. The molecule has 0 aromatic carbocycles. The van der Waals surface area contributed by atoms with Gasteiger partial charge in [0, 0.05) is 30.6 Å². The molecule has 1 aromatic heterocycles. The molecule has 1 fully saturated rings. The number of halogens is 1. The maximum absolute atomic E-state index is 11.9. The van der Waals surface area contributed by atoms with Crippen LogP contribution in [-0.2, 0) is 11.2 Å². The van der Waals surface area contributed by atoms with Crippen LogP contribution in [0.1, 0.15) is 11.8 Å². The average molecular weight is 261 g/mol. The summed E-state index contributed by atoms with van der Waals surface area (Å²) in [6.07, 6.45) is 0.560. The van der Waals surface area contributed by atoms with E-state index in [1.165, 1.54) is 0 Å². The first-order chi connectivity index (χ1) is 7.25. The van der Waals surface area contributed by atoms with Gasteiger partial charge >= 0.3 is 0 Å². The molecule has 90 valence electrons. The molecule has 2 rings (SSSR count).